The lowest BCUT2D eigenvalue weighted by molar-refractivity contribution is 0.0592. The molecule has 0 aliphatic carbocycles. The normalized spacial score (nSPS) is 16.9. The van der Waals surface area contributed by atoms with Crippen LogP contribution in [0.5, 0.6) is 0 Å². The molecular weight excluding hydrogens is 705 g/mol. The SMILES string of the molecule is COC(=O)c1ccc(C2=C3C=CC(=N3)C(c3nccn3C)=C3C=CC(=N3)C(c3ccc(C(=O)OC)cc3)=C3C=CC(=N3)C(c3nccn3C)=C3C=CC2=N3)cc1. The molecule has 9 rings (SSSR count). The molecule has 0 amide bonds. The van der Waals surface area contributed by atoms with Gasteiger partial charge in [-0.15, -0.1) is 0 Å². The third kappa shape index (κ3) is 5.80. The molecule has 0 saturated heterocycles. The largest absolute Gasteiger partial charge is 0.465 e. The number of aliphatic imine (C=N–C) groups is 4. The Kier molecular flexibility index (Phi) is 8.35. The first-order chi connectivity index (χ1) is 27.3. The van der Waals surface area contributed by atoms with E-state index < -0.39 is 11.9 Å². The summed E-state index contributed by atoms with van der Waals surface area (Å²) in [6, 6.07) is 14.4. The van der Waals surface area contributed by atoms with Crippen molar-refractivity contribution in [2.24, 2.45) is 34.1 Å². The Hall–Kier alpha value is -7.60. The maximum absolute atomic E-state index is 12.4. The number of imidazole rings is 2. The highest BCUT2D eigenvalue weighted by Gasteiger charge is 2.29. The summed E-state index contributed by atoms with van der Waals surface area (Å²) in [6.45, 7) is 0. The van der Waals surface area contributed by atoms with Crippen molar-refractivity contribution in [3.63, 3.8) is 0 Å². The third-order valence-corrected chi connectivity index (χ3v) is 9.89. The Balaban J connectivity index is 1.33. The fraction of sp³-hybridized carbons (Fsp3) is 0.0909. The molecule has 5 aliphatic rings. The van der Waals surface area contributed by atoms with Crippen LogP contribution in [-0.2, 0) is 23.6 Å². The average Bonchev–Trinajstić information content (AvgIpc) is 4.09. The number of rotatable bonds is 6. The number of esters is 2. The molecule has 8 bridgehead atoms. The first-order valence-electron chi connectivity index (χ1n) is 17.7. The van der Waals surface area contributed by atoms with E-state index in [-0.39, 0.29) is 0 Å². The summed E-state index contributed by atoms with van der Waals surface area (Å²) in [7, 11) is 6.59. The maximum atomic E-state index is 12.4. The summed E-state index contributed by atoms with van der Waals surface area (Å²) in [6.07, 6.45) is 23.0. The second-order valence-corrected chi connectivity index (χ2v) is 13.2. The smallest absolute Gasteiger partial charge is 0.337 e. The summed E-state index contributed by atoms with van der Waals surface area (Å²) in [4.78, 5) is 55.1. The Morgan fingerprint density at radius 2 is 0.786 bits per heavy atom. The Morgan fingerprint density at radius 3 is 1.09 bits per heavy atom. The molecule has 272 valence electrons. The number of hydrogen-bond acceptors (Lipinski definition) is 10. The van der Waals surface area contributed by atoms with Gasteiger partial charge in [-0.05, 0) is 84.0 Å². The lowest BCUT2D eigenvalue weighted by atomic mass is 9.97. The van der Waals surface area contributed by atoms with Gasteiger partial charge in [0.05, 0.1) is 82.1 Å². The molecular formula is C44H32N8O4. The third-order valence-electron chi connectivity index (χ3n) is 9.89. The van der Waals surface area contributed by atoms with Crippen LogP contribution in [-0.4, -0.2) is 68.1 Å². The molecule has 7 heterocycles. The molecule has 0 atom stereocenters. The van der Waals surface area contributed by atoms with Crippen molar-refractivity contribution in [3.05, 3.63) is 179 Å². The molecule has 56 heavy (non-hydrogen) atoms. The Labute approximate surface area is 321 Å². The van der Waals surface area contributed by atoms with Crippen LogP contribution >= 0.6 is 0 Å². The number of fused-ring (bicyclic) bond motifs is 4. The monoisotopic (exact) mass is 736 g/mol. The highest BCUT2D eigenvalue weighted by molar-refractivity contribution is 6.39. The molecule has 0 spiro atoms. The Morgan fingerprint density at radius 1 is 0.464 bits per heavy atom. The van der Waals surface area contributed by atoms with Crippen molar-refractivity contribution in [1.82, 2.24) is 19.1 Å². The topological polar surface area (TPSA) is 138 Å². The van der Waals surface area contributed by atoms with Gasteiger partial charge in [-0.1, -0.05) is 24.3 Å². The van der Waals surface area contributed by atoms with E-state index in [1.807, 2.05) is 108 Å². The average molecular weight is 737 g/mol. The van der Waals surface area contributed by atoms with Gasteiger partial charge in [0, 0.05) is 50.0 Å². The zero-order chi connectivity index (χ0) is 38.5. The maximum Gasteiger partial charge on any atom is 0.337 e. The van der Waals surface area contributed by atoms with Crippen molar-refractivity contribution >= 4 is 57.1 Å². The highest BCUT2D eigenvalue weighted by atomic mass is 16.5. The number of nitrogens with zero attached hydrogens (tertiary/aromatic N) is 8. The minimum Gasteiger partial charge on any atom is -0.465 e. The standard InChI is InChI=1S/C44H32N8O4/c1-51-23-21-45-41(51)39-33-17-13-29(47-33)37(25-5-9-27(10-6-25)43(53)55-3)31-15-19-35(49-31)40(42-46-22-24-52(42)2)36-20-16-32(50-36)38(30-14-18-34(39)48-30)26-7-11-28(12-8-26)44(54)56-4/h5-24H,1-4H3. The van der Waals surface area contributed by atoms with E-state index in [4.69, 9.17) is 39.4 Å². The van der Waals surface area contributed by atoms with Crippen LogP contribution in [0.25, 0.3) is 22.3 Å². The first-order valence-corrected chi connectivity index (χ1v) is 17.7. The summed E-state index contributed by atoms with van der Waals surface area (Å²) in [5.41, 5.74) is 10.8. The van der Waals surface area contributed by atoms with Crippen LogP contribution in [0, 0.1) is 0 Å². The molecule has 4 aromatic rings. The van der Waals surface area contributed by atoms with Gasteiger partial charge in [0.2, 0.25) is 0 Å². The van der Waals surface area contributed by atoms with E-state index >= 15 is 0 Å². The molecule has 0 fully saturated rings. The van der Waals surface area contributed by atoms with Gasteiger partial charge >= 0.3 is 11.9 Å². The number of carbonyl (C=O) groups is 2. The fourth-order valence-corrected chi connectivity index (χ4v) is 7.13. The first kappa shape index (κ1) is 34.2. The van der Waals surface area contributed by atoms with Gasteiger partial charge < -0.3 is 18.6 Å². The molecule has 12 nitrogen and oxygen atoms in total. The van der Waals surface area contributed by atoms with Gasteiger partial charge in [-0.2, -0.15) is 0 Å². The Bertz CT molecular complexity index is 2590. The second kappa shape index (κ2) is 13.7. The van der Waals surface area contributed by atoms with Crippen LogP contribution in [0.2, 0.25) is 0 Å². The lowest BCUT2D eigenvalue weighted by Gasteiger charge is -2.12. The fourth-order valence-electron chi connectivity index (χ4n) is 7.13. The van der Waals surface area contributed by atoms with Gasteiger partial charge in [0.15, 0.2) is 0 Å². The number of aryl methyl sites for hydroxylation is 2. The van der Waals surface area contributed by atoms with Crippen LogP contribution < -0.4 is 0 Å². The zero-order valence-corrected chi connectivity index (χ0v) is 30.8. The van der Waals surface area contributed by atoms with E-state index in [2.05, 4.69) is 0 Å². The lowest BCUT2D eigenvalue weighted by Crippen LogP contribution is -2.07. The van der Waals surface area contributed by atoms with Crippen molar-refractivity contribution < 1.29 is 19.1 Å². The van der Waals surface area contributed by atoms with Crippen molar-refractivity contribution in [3.8, 4) is 0 Å². The van der Waals surface area contributed by atoms with Gasteiger partial charge in [0.25, 0.3) is 0 Å². The summed E-state index contributed by atoms with van der Waals surface area (Å²) in [5, 5.41) is 0. The summed E-state index contributed by atoms with van der Waals surface area (Å²) >= 11 is 0. The second-order valence-electron chi connectivity index (χ2n) is 13.2. The number of aromatic nitrogens is 4. The minimum absolute atomic E-state index is 0.424. The van der Waals surface area contributed by atoms with Crippen molar-refractivity contribution in [2.45, 2.75) is 0 Å². The predicted octanol–water partition coefficient (Wildman–Crippen LogP) is 6.73. The number of ether oxygens (including phenoxy) is 2. The molecule has 2 aromatic carbocycles. The van der Waals surface area contributed by atoms with Crippen molar-refractivity contribution in [2.75, 3.05) is 14.2 Å². The van der Waals surface area contributed by atoms with Crippen LogP contribution in [0.1, 0.15) is 43.5 Å². The number of allylic oxidation sites excluding steroid dienone is 12. The predicted molar refractivity (Wildman–Crippen MR) is 216 cm³/mol. The zero-order valence-electron chi connectivity index (χ0n) is 30.8. The molecule has 2 aromatic heterocycles. The molecule has 5 aliphatic heterocycles. The molecule has 0 unspecified atom stereocenters. The number of methoxy groups -OCH3 is 2. The number of carbonyl (C=O) groups excluding carboxylic acids is 2. The van der Waals surface area contributed by atoms with Gasteiger partial charge in [-0.3, -0.25) is 0 Å². The molecule has 12 heteroatoms. The highest BCUT2D eigenvalue weighted by Crippen LogP contribution is 2.38. The van der Waals surface area contributed by atoms with Crippen LogP contribution in [0.4, 0.5) is 0 Å². The van der Waals surface area contributed by atoms with E-state index in [1.54, 1.807) is 36.7 Å². The van der Waals surface area contributed by atoms with Crippen molar-refractivity contribution in [1.29, 1.82) is 0 Å². The quantitative estimate of drug-likeness (QED) is 0.201. The molecule has 0 saturated carbocycles. The van der Waals surface area contributed by atoms with E-state index in [9.17, 15) is 9.59 Å². The van der Waals surface area contributed by atoms with E-state index in [1.165, 1.54) is 14.2 Å². The van der Waals surface area contributed by atoms with Gasteiger partial charge in [-0.25, -0.2) is 39.5 Å². The molecule has 0 radical (unpaired) electrons. The molecule has 0 N–H and O–H groups in total. The number of hydrogen-bond donors (Lipinski definition) is 0. The van der Waals surface area contributed by atoms with Crippen LogP contribution in [0.15, 0.2) is 165 Å². The van der Waals surface area contributed by atoms with E-state index in [0.29, 0.717) is 68.4 Å². The summed E-state index contributed by atoms with van der Waals surface area (Å²) < 4.78 is 13.8. The summed E-state index contributed by atoms with van der Waals surface area (Å²) in [5.74, 6) is 0.523. The number of benzene rings is 2. The van der Waals surface area contributed by atoms with E-state index in [0.717, 1.165) is 33.4 Å². The minimum atomic E-state index is -0.424. The van der Waals surface area contributed by atoms with Crippen LogP contribution in [0.3, 0.4) is 0 Å². The van der Waals surface area contributed by atoms with Gasteiger partial charge in [0.1, 0.15) is 11.6 Å².